The van der Waals surface area contributed by atoms with Crippen molar-refractivity contribution in [1.29, 1.82) is 0 Å². The Hall–Kier alpha value is -2.31. The van der Waals surface area contributed by atoms with Crippen molar-refractivity contribution < 1.29 is 9.59 Å². The number of rotatable bonds is 3. The minimum Gasteiger partial charge on any atom is -0.298 e. The largest absolute Gasteiger partial charge is 0.298 e. The van der Waals surface area contributed by atoms with Crippen LogP contribution in [0.4, 0.5) is 5.69 Å². The average molecular weight is 415 g/mol. The van der Waals surface area contributed by atoms with Gasteiger partial charge in [-0.15, -0.1) is 0 Å². The Morgan fingerprint density at radius 3 is 2.52 bits per heavy atom. The summed E-state index contributed by atoms with van der Waals surface area (Å²) in [4.78, 5) is 26.5. The molecule has 2 amide bonds. The molecule has 0 atom stereocenters. The number of benzene rings is 2. The first kappa shape index (κ1) is 17.5. The number of aryl methyl sites for hydroxylation is 1. The van der Waals surface area contributed by atoms with E-state index in [1.54, 1.807) is 6.08 Å². The Balaban J connectivity index is 1.99. The number of hydrogen-bond donors (Lipinski definition) is 1. The Morgan fingerprint density at radius 2 is 1.88 bits per heavy atom. The molecule has 1 heterocycles. The Bertz CT molecular complexity index is 891. The molecular formula is C19H15BrN2O2S. The number of nitrogens with one attached hydrogen (secondary N) is 1. The summed E-state index contributed by atoms with van der Waals surface area (Å²) in [5, 5.41) is 2.68. The number of thiocarbonyl (C=S) groups is 1. The van der Waals surface area contributed by atoms with Crippen LogP contribution in [-0.2, 0) is 16.0 Å². The standard InChI is InChI=1S/C19H15BrN2O2S/c1-2-12-6-8-15(9-7-12)22-18(24)16(17(23)21-19(22)25)11-13-4-3-5-14(20)10-13/h3-11H,2H2,1H3,(H,21,23,25)/b16-11+. The number of nitrogens with zero attached hydrogens (tertiary/aromatic N) is 1. The van der Waals surface area contributed by atoms with Crippen LogP contribution in [0, 0.1) is 0 Å². The zero-order valence-electron chi connectivity index (χ0n) is 13.5. The maximum absolute atomic E-state index is 12.9. The van der Waals surface area contributed by atoms with E-state index in [0.717, 1.165) is 22.0 Å². The van der Waals surface area contributed by atoms with Gasteiger partial charge in [-0.25, -0.2) is 0 Å². The van der Waals surface area contributed by atoms with Crippen LogP contribution >= 0.6 is 28.1 Å². The van der Waals surface area contributed by atoms with Crippen molar-refractivity contribution in [3.8, 4) is 0 Å². The first-order chi connectivity index (χ1) is 12.0. The fourth-order valence-corrected chi connectivity index (χ4v) is 3.23. The minimum atomic E-state index is -0.489. The molecule has 6 heteroatoms. The van der Waals surface area contributed by atoms with Gasteiger partial charge >= 0.3 is 0 Å². The van der Waals surface area contributed by atoms with E-state index in [2.05, 4.69) is 28.2 Å². The molecule has 0 unspecified atom stereocenters. The molecule has 1 aliphatic heterocycles. The lowest BCUT2D eigenvalue weighted by Crippen LogP contribution is -2.54. The topological polar surface area (TPSA) is 49.4 Å². The lowest BCUT2D eigenvalue weighted by molar-refractivity contribution is -0.122. The lowest BCUT2D eigenvalue weighted by Gasteiger charge is -2.29. The Labute approximate surface area is 159 Å². The highest BCUT2D eigenvalue weighted by Crippen LogP contribution is 2.23. The van der Waals surface area contributed by atoms with E-state index in [1.165, 1.54) is 4.90 Å². The zero-order valence-corrected chi connectivity index (χ0v) is 15.9. The van der Waals surface area contributed by atoms with E-state index in [4.69, 9.17) is 12.2 Å². The molecule has 2 aromatic carbocycles. The molecule has 3 rings (SSSR count). The molecule has 0 bridgehead atoms. The molecule has 0 saturated carbocycles. The third kappa shape index (κ3) is 3.70. The summed E-state index contributed by atoms with van der Waals surface area (Å²) in [5.41, 5.74) is 2.59. The van der Waals surface area contributed by atoms with Gasteiger partial charge in [0.25, 0.3) is 11.8 Å². The molecule has 126 valence electrons. The summed E-state index contributed by atoms with van der Waals surface area (Å²) in [5.74, 6) is -0.922. The highest BCUT2D eigenvalue weighted by molar-refractivity contribution is 9.10. The van der Waals surface area contributed by atoms with Crippen LogP contribution in [0.25, 0.3) is 6.08 Å². The molecule has 0 aliphatic carbocycles. The second-order valence-electron chi connectivity index (χ2n) is 5.53. The quantitative estimate of drug-likeness (QED) is 0.471. The van der Waals surface area contributed by atoms with Crippen LogP contribution in [0.1, 0.15) is 18.1 Å². The third-order valence-corrected chi connectivity index (χ3v) is 4.64. The molecule has 1 N–H and O–H groups in total. The van der Waals surface area contributed by atoms with Gasteiger partial charge in [0.2, 0.25) is 0 Å². The van der Waals surface area contributed by atoms with E-state index in [9.17, 15) is 9.59 Å². The van der Waals surface area contributed by atoms with E-state index >= 15 is 0 Å². The molecule has 2 aromatic rings. The van der Waals surface area contributed by atoms with Crippen molar-refractivity contribution in [1.82, 2.24) is 5.32 Å². The van der Waals surface area contributed by atoms with E-state index in [1.807, 2.05) is 48.5 Å². The van der Waals surface area contributed by atoms with Crippen LogP contribution < -0.4 is 10.2 Å². The fraction of sp³-hybridized carbons (Fsp3) is 0.105. The number of carbonyl (C=O) groups is 2. The van der Waals surface area contributed by atoms with Crippen LogP contribution in [-0.4, -0.2) is 16.9 Å². The number of halogens is 1. The van der Waals surface area contributed by atoms with Gasteiger partial charge in [-0.05, 0) is 60.1 Å². The van der Waals surface area contributed by atoms with Crippen molar-refractivity contribution in [2.75, 3.05) is 4.90 Å². The van der Waals surface area contributed by atoms with Gasteiger partial charge in [0, 0.05) is 4.47 Å². The summed E-state index contributed by atoms with van der Waals surface area (Å²) < 4.78 is 0.869. The van der Waals surface area contributed by atoms with E-state index < -0.39 is 11.8 Å². The smallest absolute Gasteiger partial charge is 0.270 e. The summed E-state index contributed by atoms with van der Waals surface area (Å²) >= 11 is 8.58. The van der Waals surface area contributed by atoms with Crippen LogP contribution in [0.15, 0.2) is 58.6 Å². The molecular weight excluding hydrogens is 400 g/mol. The third-order valence-electron chi connectivity index (χ3n) is 3.86. The van der Waals surface area contributed by atoms with Crippen LogP contribution in [0.5, 0.6) is 0 Å². The van der Waals surface area contributed by atoms with Gasteiger partial charge in [-0.3, -0.25) is 19.8 Å². The van der Waals surface area contributed by atoms with Gasteiger partial charge in [0.05, 0.1) is 5.69 Å². The lowest BCUT2D eigenvalue weighted by atomic mass is 10.1. The summed E-state index contributed by atoms with van der Waals surface area (Å²) in [6.07, 6.45) is 2.47. The number of hydrogen-bond acceptors (Lipinski definition) is 3. The Morgan fingerprint density at radius 1 is 1.16 bits per heavy atom. The zero-order chi connectivity index (χ0) is 18.0. The summed E-state index contributed by atoms with van der Waals surface area (Å²) in [7, 11) is 0. The average Bonchev–Trinajstić information content (AvgIpc) is 2.59. The van der Waals surface area contributed by atoms with Gasteiger partial charge < -0.3 is 0 Å². The molecule has 1 saturated heterocycles. The highest BCUT2D eigenvalue weighted by atomic mass is 79.9. The predicted octanol–water partition coefficient (Wildman–Crippen LogP) is 3.84. The molecule has 0 radical (unpaired) electrons. The van der Waals surface area contributed by atoms with Crippen molar-refractivity contribution in [3.05, 3.63) is 69.7 Å². The van der Waals surface area contributed by atoms with E-state index in [0.29, 0.717) is 5.69 Å². The van der Waals surface area contributed by atoms with Crippen molar-refractivity contribution >= 4 is 56.8 Å². The fourth-order valence-electron chi connectivity index (χ4n) is 2.54. The van der Waals surface area contributed by atoms with Crippen LogP contribution in [0.3, 0.4) is 0 Å². The SMILES string of the molecule is CCc1ccc(N2C(=O)/C(=C/c3cccc(Br)c3)C(=O)NC2=S)cc1. The molecule has 0 aromatic heterocycles. The maximum Gasteiger partial charge on any atom is 0.270 e. The van der Waals surface area contributed by atoms with Crippen molar-refractivity contribution in [3.63, 3.8) is 0 Å². The first-order valence-electron chi connectivity index (χ1n) is 7.75. The molecule has 4 nitrogen and oxygen atoms in total. The minimum absolute atomic E-state index is 0.0475. The van der Waals surface area contributed by atoms with Crippen LogP contribution in [0.2, 0.25) is 0 Å². The molecule has 25 heavy (non-hydrogen) atoms. The maximum atomic E-state index is 12.9. The molecule has 0 spiro atoms. The van der Waals surface area contributed by atoms with Crippen molar-refractivity contribution in [2.45, 2.75) is 13.3 Å². The number of amides is 2. The second kappa shape index (κ2) is 7.29. The second-order valence-corrected chi connectivity index (χ2v) is 6.84. The normalized spacial score (nSPS) is 16.3. The number of anilines is 1. The van der Waals surface area contributed by atoms with Gasteiger partial charge in [-0.1, -0.05) is 47.1 Å². The summed E-state index contributed by atoms with van der Waals surface area (Å²) in [6, 6.07) is 14.9. The summed E-state index contributed by atoms with van der Waals surface area (Å²) in [6.45, 7) is 2.06. The van der Waals surface area contributed by atoms with Gasteiger partial charge in [0.1, 0.15) is 5.57 Å². The molecule has 1 fully saturated rings. The first-order valence-corrected chi connectivity index (χ1v) is 8.95. The van der Waals surface area contributed by atoms with Gasteiger partial charge in [-0.2, -0.15) is 0 Å². The van der Waals surface area contributed by atoms with Crippen molar-refractivity contribution in [2.24, 2.45) is 0 Å². The Kier molecular flexibility index (Phi) is 5.11. The highest BCUT2D eigenvalue weighted by Gasteiger charge is 2.34. The van der Waals surface area contributed by atoms with E-state index in [-0.39, 0.29) is 10.7 Å². The predicted molar refractivity (Wildman–Crippen MR) is 106 cm³/mol. The number of carbonyl (C=O) groups excluding carboxylic acids is 2. The monoisotopic (exact) mass is 414 g/mol. The molecule has 1 aliphatic rings. The van der Waals surface area contributed by atoms with Gasteiger partial charge in [0.15, 0.2) is 5.11 Å².